The van der Waals surface area contributed by atoms with Crippen molar-refractivity contribution < 1.29 is 14.5 Å². The molecule has 2 rings (SSSR count). The number of nitrogens with one attached hydrogen (secondary N) is 1. The third-order valence-corrected chi connectivity index (χ3v) is 4.70. The van der Waals surface area contributed by atoms with E-state index in [1.165, 1.54) is 12.7 Å². The van der Waals surface area contributed by atoms with Crippen LogP contribution in [-0.2, 0) is 33.9 Å². The molecule has 154 valence electrons. The van der Waals surface area contributed by atoms with Crippen LogP contribution in [0.1, 0.15) is 48.6 Å². The number of carbonyl (C=O) groups excluding carboxylic acids is 1. The number of hydrogen-bond acceptors (Lipinski definition) is 5. The number of rotatable bonds is 9. The van der Waals surface area contributed by atoms with Gasteiger partial charge in [0.05, 0.1) is 5.71 Å². The average molecular weight is 396 g/mol. The highest BCUT2D eigenvalue weighted by atomic mass is 16.6. The topological polar surface area (TPSA) is 72.3 Å². The summed E-state index contributed by atoms with van der Waals surface area (Å²) in [5, 5.41) is 10.8. The van der Waals surface area contributed by atoms with Gasteiger partial charge in [-0.3, -0.25) is 4.79 Å². The second-order valence-corrected chi connectivity index (χ2v) is 6.50. The van der Waals surface area contributed by atoms with Gasteiger partial charge in [0.25, 0.3) is 5.91 Å². The number of likely N-dealkylation sites (N-methyl/N-ethyl adjacent to an activating group) is 1. The van der Waals surface area contributed by atoms with Gasteiger partial charge in [-0.1, -0.05) is 60.6 Å². The predicted molar refractivity (Wildman–Crippen MR) is 116 cm³/mol. The van der Waals surface area contributed by atoms with Crippen LogP contribution in [0, 0.1) is 0 Å². The minimum absolute atomic E-state index is 0.209. The molecule has 0 unspecified atom stereocenters. The van der Waals surface area contributed by atoms with Gasteiger partial charge in [0.15, 0.2) is 5.71 Å². The van der Waals surface area contributed by atoms with Crippen LogP contribution >= 0.6 is 0 Å². The quantitative estimate of drug-likeness (QED) is 0.518. The molecular weight excluding hydrogens is 366 g/mol. The number of hydrogen-bond donors (Lipinski definition) is 1. The summed E-state index contributed by atoms with van der Waals surface area (Å²) in [6.45, 7) is 6.32. The third kappa shape index (κ3) is 5.67. The second-order valence-electron chi connectivity index (χ2n) is 6.50. The molecule has 0 bridgehead atoms. The Morgan fingerprint density at radius 2 is 1.83 bits per heavy atom. The monoisotopic (exact) mass is 395 g/mol. The smallest absolute Gasteiger partial charge is 0.273 e. The number of carbonyl (C=O) groups is 1. The van der Waals surface area contributed by atoms with Crippen LogP contribution in [0.2, 0.25) is 0 Å². The molecule has 0 saturated heterocycles. The maximum atomic E-state index is 12.3. The molecule has 0 aliphatic rings. The Morgan fingerprint density at radius 1 is 1.07 bits per heavy atom. The van der Waals surface area contributed by atoms with Crippen molar-refractivity contribution in [2.24, 2.45) is 10.3 Å². The van der Waals surface area contributed by atoms with E-state index in [9.17, 15) is 4.79 Å². The normalized spacial score (nSPS) is 11.9. The Labute approximate surface area is 172 Å². The Morgan fingerprint density at radius 3 is 2.48 bits per heavy atom. The molecule has 2 aromatic rings. The summed E-state index contributed by atoms with van der Waals surface area (Å²) < 4.78 is 0. The molecule has 1 amide bonds. The van der Waals surface area contributed by atoms with Gasteiger partial charge in [0.2, 0.25) is 0 Å². The molecule has 2 aromatic carbocycles. The third-order valence-electron chi connectivity index (χ3n) is 4.70. The van der Waals surface area contributed by atoms with Crippen molar-refractivity contribution in [2.75, 3.05) is 14.2 Å². The molecule has 6 nitrogen and oxygen atoms in total. The summed E-state index contributed by atoms with van der Waals surface area (Å²) in [6, 6.07) is 14.0. The standard InChI is InChI=1S/C23H29N3O3/c1-6-17-10-8-12-19(14-17)16(3)25-29-15-21-18(7-2)11-9-13-20(21)22(26-28-5)23(27)24-4/h8-14H,6-7,15H2,1-5H3,(H,24,27)/b25-16+,26-22+. The lowest BCUT2D eigenvalue weighted by molar-refractivity contribution is -0.114. The Balaban J connectivity index is 2.32. The van der Waals surface area contributed by atoms with Gasteiger partial charge in [-0.15, -0.1) is 0 Å². The van der Waals surface area contributed by atoms with Gasteiger partial charge in [0, 0.05) is 18.2 Å². The zero-order valence-electron chi connectivity index (χ0n) is 17.8. The maximum Gasteiger partial charge on any atom is 0.273 e. The van der Waals surface area contributed by atoms with Crippen molar-refractivity contribution >= 4 is 17.3 Å². The SMILES string of the molecule is CCc1cccc(/C(C)=N/OCc2c(CC)cccc2/C(=N\OC)C(=O)NC)c1. The van der Waals surface area contributed by atoms with E-state index in [1.54, 1.807) is 7.05 Å². The first-order valence-electron chi connectivity index (χ1n) is 9.75. The molecule has 0 radical (unpaired) electrons. The molecule has 0 aliphatic heterocycles. The lowest BCUT2D eigenvalue weighted by Gasteiger charge is -2.14. The molecule has 0 fully saturated rings. The van der Waals surface area contributed by atoms with Crippen LogP contribution in [0.25, 0.3) is 0 Å². The van der Waals surface area contributed by atoms with Gasteiger partial charge < -0.3 is 15.0 Å². The zero-order chi connectivity index (χ0) is 21.2. The lowest BCUT2D eigenvalue weighted by atomic mass is 9.96. The number of amides is 1. The van der Waals surface area contributed by atoms with Crippen LogP contribution in [0.4, 0.5) is 0 Å². The lowest BCUT2D eigenvalue weighted by Crippen LogP contribution is -2.29. The molecule has 0 aromatic heterocycles. The van der Waals surface area contributed by atoms with Gasteiger partial charge in [-0.25, -0.2) is 0 Å². The molecule has 0 spiro atoms. The van der Waals surface area contributed by atoms with Crippen LogP contribution in [-0.4, -0.2) is 31.5 Å². The second kappa shape index (κ2) is 11.0. The predicted octanol–water partition coefficient (Wildman–Crippen LogP) is 3.85. The number of benzene rings is 2. The van der Waals surface area contributed by atoms with E-state index in [0.717, 1.165) is 35.2 Å². The van der Waals surface area contributed by atoms with Crippen LogP contribution in [0.3, 0.4) is 0 Å². The zero-order valence-corrected chi connectivity index (χ0v) is 17.8. The number of oxime groups is 2. The van der Waals surface area contributed by atoms with Crippen LogP contribution in [0.5, 0.6) is 0 Å². The summed E-state index contributed by atoms with van der Waals surface area (Å²) in [6.07, 6.45) is 1.76. The average Bonchev–Trinajstić information content (AvgIpc) is 2.77. The molecule has 0 atom stereocenters. The van der Waals surface area contributed by atoms with E-state index >= 15 is 0 Å². The summed E-state index contributed by atoms with van der Waals surface area (Å²) in [5.41, 5.74) is 5.89. The summed E-state index contributed by atoms with van der Waals surface area (Å²) in [7, 11) is 2.98. The van der Waals surface area contributed by atoms with Gasteiger partial charge in [0.1, 0.15) is 13.7 Å². The maximum absolute atomic E-state index is 12.3. The summed E-state index contributed by atoms with van der Waals surface area (Å²) in [4.78, 5) is 22.9. The Kier molecular flexibility index (Phi) is 8.40. The molecule has 0 heterocycles. The number of nitrogens with zero attached hydrogens (tertiary/aromatic N) is 2. The fourth-order valence-electron chi connectivity index (χ4n) is 3.04. The van der Waals surface area contributed by atoms with Gasteiger partial charge in [-0.05, 0) is 42.5 Å². The van der Waals surface area contributed by atoms with E-state index in [-0.39, 0.29) is 18.2 Å². The van der Waals surface area contributed by atoms with Crippen molar-refractivity contribution in [1.29, 1.82) is 0 Å². The minimum Gasteiger partial charge on any atom is -0.398 e. The van der Waals surface area contributed by atoms with E-state index < -0.39 is 0 Å². The van der Waals surface area contributed by atoms with E-state index in [2.05, 4.69) is 41.6 Å². The summed E-state index contributed by atoms with van der Waals surface area (Å²) >= 11 is 0. The van der Waals surface area contributed by atoms with Gasteiger partial charge >= 0.3 is 0 Å². The van der Waals surface area contributed by atoms with Crippen molar-refractivity contribution in [1.82, 2.24) is 5.32 Å². The van der Waals surface area contributed by atoms with E-state index in [0.29, 0.717) is 5.56 Å². The first-order valence-corrected chi connectivity index (χ1v) is 9.75. The fraction of sp³-hybridized carbons (Fsp3) is 0.348. The van der Waals surface area contributed by atoms with Crippen molar-refractivity contribution in [3.05, 3.63) is 70.3 Å². The van der Waals surface area contributed by atoms with Crippen LogP contribution < -0.4 is 5.32 Å². The van der Waals surface area contributed by atoms with Crippen LogP contribution in [0.15, 0.2) is 52.8 Å². The highest BCUT2D eigenvalue weighted by Gasteiger charge is 2.19. The van der Waals surface area contributed by atoms with Crippen molar-refractivity contribution in [2.45, 2.75) is 40.2 Å². The first kappa shape index (κ1) is 22.1. The molecule has 1 N–H and O–H groups in total. The van der Waals surface area contributed by atoms with Crippen molar-refractivity contribution in [3.8, 4) is 0 Å². The highest BCUT2D eigenvalue weighted by Crippen LogP contribution is 2.19. The first-order chi connectivity index (χ1) is 14.0. The van der Waals surface area contributed by atoms with E-state index in [4.69, 9.17) is 9.68 Å². The van der Waals surface area contributed by atoms with Gasteiger partial charge in [-0.2, -0.15) is 0 Å². The van der Waals surface area contributed by atoms with E-state index in [1.807, 2.05) is 37.3 Å². The number of aryl methyl sites for hydroxylation is 2. The molecule has 0 aliphatic carbocycles. The highest BCUT2D eigenvalue weighted by molar-refractivity contribution is 6.45. The summed E-state index contributed by atoms with van der Waals surface area (Å²) in [5.74, 6) is -0.322. The Hall–Kier alpha value is -3.15. The fourth-order valence-corrected chi connectivity index (χ4v) is 3.04. The molecular formula is C23H29N3O3. The Bertz CT molecular complexity index is 904. The molecule has 29 heavy (non-hydrogen) atoms. The largest absolute Gasteiger partial charge is 0.398 e. The molecule has 6 heteroatoms. The van der Waals surface area contributed by atoms with Crippen molar-refractivity contribution in [3.63, 3.8) is 0 Å². The minimum atomic E-state index is -0.322. The molecule has 0 saturated carbocycles.